The first-order chi connectivity index (χ1) is 11.8. The Morgan fingerprint density at radius 3 is 2.56 bits per heavy atom. The van der Waals surface area contributed by atoms with Crippen molar-refractivity contribution in [1.82, 2.24) is 4.98 Å². The van der Waals surface area contributed by atoms with E-state index in [0.717, 1.165) is 0 Å². The molecule has 0 aliphatic carbocycles. The zero-order chi connectivity index (χ0) is 18.6. The van der Waals surface area contributed by atoms with Gasteiger partial charge in [0.2, 0.25) is 11.6 Å². The third-order valence-corrected chi connectivity index (χ3v) is 3.79. The number of hydrogen-bond acceptors (Lipinski definition) is 6. The van der Waals surface area contributed by atoms with E-state index in [4.69, 9.17) is 28.5 Å². The fourth-order valence-corrected chi connectivity index (χ4v) is 2.47. The van der Waals surface area contributed by atoms with Crippen LogP contribution in [0.2, 0.25) is 10.0 Å². The molecule has 0 saturated carbocycles. The van der Waals surface area contributed by atoms with Crippen LogP contribution in [0.15, 0.2) is 30.3 Å². The van der Waals surface area contributed by atoms with Crippen molar-refractivity contribution in [3.05, 3.63) is 56.2 Å². The van der Waals surface area contributed by atoms with Gasteiger partial charge in [0.25, 0.3) is 0 Å². The quantitative estimate of drug-likeness (QED) is 0.630. The molecule has 1 amide bonds. The number of anilines is 2. The summed E-state index contributed by atoms with van der Waals surface area (Å²) in [6, 6.07) is 9.01. The Bertz CT molecular complexity index is 862. The molecule has 0 aliphatic rings. The van der Waals surface area contributed by atoms with Gasteiger partial charge >= 0.3 is 5.69 Å². The van der Waals surface area contributed by atoms with E-state index in [9.17, 15) is 14.9 Å². The van der Waals surface area contributed by atoms with Crippen molar-refractivity contribution in [3.63, 3.8) is 0 Å². The highest BCUT2D eigenvalue weighted by molar-refractivity contribution is 6.39. The summed E-state index contributed by atoms with van der Waals surface area (Å²) >= 11 is 12.0. The monoisotopic (exact) mass is 379 g/mol. The number of nitriles is 1. The summed E-state index contributed by atoms with van der Waals surface area (Å²) in [4.78, 5) is 27.6. The second-order valence-corrected chi connectivity index (χ2v) is 5.72. The molecule has 0 radical (unpaired) electrons. The molecule has 0 bridgehead atoms. The number of nitrogens with one attached hydrogen (secondary N) is 1. The normalized spacial score (nSPS) is 10.0. The summed E-state index contributed by atoms with van der Waals surface area (Å²) in [6.07, 6.45) is 0. The first-order valence-electron chi connectivity index (χ1n) is 6.84. The van der Waals surface area contributed by atoms with Gasteiger partial charge in [-0.2, -0.15) is 5.26 Å². The average molecular weight is 380 g/mol. The van der Waals surface area contributed by atoms with E-state index in [1.807, 2.05) is 0 Å². The van der Waals surface area contributed by atoms with Crippen molar-refractivity contribution in [1.29, 1.82) is 5.26 Å². The first-order valence-corrected chi connectivity index (χ1v) is 7.59. The van der Waals surface area contributed by atoms with Crippen LogP contribution in [0.25, 0.3) is 0 Å². The molecule has 0 fully saturated rings. The summed E-state index contributed by atoms with van der Waals surface area (Å²) in [6.45, 7) is -0.128. The number of carbonyl (C=O) groups is 1. The zero-order valence-corrected chi connectivity index (χ0v) is 14.4. The molecule has 1 aromatic heterocycles. The molecule has 0 aliphatic heterocycles. The number of halogens is 2. The smallest absolute Gasteiger partial charge is 0.305 e. The molecule has 25 heavy (non-hydrogen) atoms. The molecule has 0 unspecified atom stereocenters. The summed E-state index contributed by atoms with van der Waals surface area (Å²) in [5, 5.41) is 23.0. The minimum absolute atomic E-state index is 0.128. The van der Waals surface area contributed by atoms with Crippen LogP contribution in [-0.4, -0.2) is 29.4 Å². The third kappa shape index (κ3) is 4.35. The molecule has 10 heteroatoms. The van der Waals surface area contributed by atoms with Gasteiger partial charge in [0.1, 0.15) is 11.9 Å². The Balaban J connectivity index is 2.14. The Labute approximate surface area is 152 Å². The van der Waals surface area contributed by atoms with E-state index in [1.54, 1.807) is 31.3 Å². The molecule has 1 aromatic carbocycles. The number of amides is 1. The van der Waals surface area contributed by atoms with Crippen molar-refractivity contribution in [3.8, 4) is 6.07 Å². The number of benzene rings is 1. The van der Waals surface area contributed by atoms with Crippen LogP contribution in [0.3, 0.4) is 0 Å². The maximum absolute atomic E-state index is 12.2. The minimum Gasteiger partial charge on any atom is -0.350 e. The highest BCUT2D eigenvalue weighted by atomic mass is 35.5. The van der Waals surface area contributed by atoms with E-state index in [1.165, 1.54) is 17.0 Å². The van der Waals surface area contributed by atoms with Crippen molar-refractivity contribution in [2.75, 3.05) is 23.8 Å². The van der Waals surface area contributed by atoms with Crippen LogP contribution in [0.1, 0.15) is 5.69 Å². The van der Waals surface area contributed by atoms with Gasteiger partial charge in [0.05, 0.1) is 27.2 Å². The third-order valence-electron chi connectivity index (χ3n) is 3.16. The van der Waals surface area contributed by atoms with E-state index >= 15 is 0 Å². The van der Waals surface area contributed by atoms with E-state index < -0.39 is 16.5 Å². The van der Waals surface area contributed by atoms with Gasteiger partial charge in [0.15, 0.2) is 0 Å². The second-order valence-electron chi connectivity index (χ2n) is 4.91. The van der Waals surface area contributed by atoms with Gasteiger partial charge < -0.3 is 10.2 Å². The molecule has 1 N–H and O–H groups in total. The molecular formula is C15H11Cl2N5O3. The van der Waals surface area contributed by atoms with Crippen LogP contribution < -0.4 is 10.2 Å². The first kappa shape index (κ1) is 18.4. The van der Waals surface area contributed by atoms with E-state index in [0.29, 0.717) is 15.7 Å². The molecule has 0 saturated heterocycles. The van der Waals surface area contributed by atoms with E-state index in [-0.39, 0.29) is 18.1 Å². The number of aromatic nitrogens is 1. The summed E-state index contributed by atoms with van der Waals surface area (Å²) in [5.74, 6) is -0.182. The van der Waals surface area contributed by atoms with Gasteiger partial charge in [-0.15, -0.1) is 0 Å². The lowest BCUT2D eigenvalue weighted by Crippen LogP contribution is -2.30. The largest absolute Gasteiger partial charge is 0.350 e. The number of nitrogens with zero attached hydrogens (tertiary/aromatic N) is 4. The SMILES string of the molecule is CN(CC(=O)Nc1c(Cl)cccc1Cl)c1ccc([N+](=O)[O-])c(C#N)n1. The molecule has 2 aromatic rings. The summed E-state index contributed by atoms with van der Waals surface area (Å²) in [5.41, 5.74) is -0.436. The molecule has 0 atom stereocenters. The van der Waals surface area contributed by atoms with Crippen LogP contribution in [0.5, 0.6) is 0 Å². The Morgan fingerprint density at radius 1 is 1.36 bits per heavy atom. The molecule has 2 rings (SSSR count). The molecule has 0 spiro atoms. The molecule has 8 nitrogen and oxygen atoms in total. The van der Waals surface area contributed by atoms with E-state index in [2.05, 4.69) is 10.3 Å². The Kier molecular flexibility index (Phi) is 5.75. The highest BCUT2D eigenvalue weighted by Gasteiger charge is 2.18. The maximum Gasteiger partial charge on any atom is 0.305 e. The molecular weight excluding hydrogens is 369 g/mol. The molecule has 128 valence electrons. The maximum atomic E-state index is 12.2. The topological polar surface area (TPSA) is 112 Å². The number of rotatable bonds is 5. The second kappa shape index (κ2) is 7.79. The number of para-hydroxylation sites is 1. The van der Waals surface area contributed by atoms with Crippen LogP contribution in [-0.2, 0) is 4.79 Å². The minimum atomic E-state index is -0.693. The number of carbonyl (C=O) groups excluding carboxylic acids is 1. The zero-order valence-electron chi connectivity index (χ0n) is 12.9. The summed E-state index contributed by atoms with van der Waals surface area (Å²) in [7, 11) is 1.56. The van der Waals surface area contributed by atoms with Gasteiger partial charge in [-0.25, -0.2) is 4.98 Å². The van der Waals surface area contributed by atoms with Crippen LogP contribution in [0.4, 0.5) is 17.2 Å². The van der Waals surface area contributed by atoms with Crippen molar-refractivity contribution < 1.29 is 9.72 Å². The van der Waals surface area contributed by atoms with Crippen LogP contribution >= 0.6 is 23.2 Å². The van der Waals surface area contributed by atoms with Crippen molar-refractivity contribution in [2.45, 2.75) is 0 Å². The predicted octanol–water partition coefficient (Wildman–Crippen LogP) is 3.24. The van der Waals surface area contributed by atoms with Gasteiger partial charge in [-0.05, 0) is 18.2 Å². The molecule has 1 heterocycles. The fourth-order valence-electron chi connectivity index (χ4n) is 1.98. The van der Waals surface area contributed by atoms with Crippen molar-refractivity contribution in [2.24, 2.45) is 0 Å². The van der Waals surface area contributed by atoms with Gasteiger partial charge in [-0.1, -0.05) is 29.3 Å². The van der Waals surface area contributed by atoms with Crippen molar-refractivity contribution >= 4 is 46.3 Å². The number of hydrogen-bond donors (Lipinski definition) is 1. The number of likely N-dealkylation sites (N-methyl/N-ethyl adjacent to an activating group) is 1. The average Bonchev–Trinajstić information content (AvgIpc) is 2.57. The predicted molar refractivity (Wildman–Crippen MR) is 94.0 cm³/mol. The number of nitro groups is 1. The van der Waals surface area contributed by atoms with Gasteiger partial charge in [0, 0.05) is 13.1 Å². The van der Waals surface area contributed by atoms with Gasteiger partial charge in [-0.3, -0.25) is 14.9 Å². The summed E-state index contributed by atoms with van der Waals surface area (Å²) < 4.78 is 0. The highest BCUT2D eigenvalue weighted by Crippen LogP contribution is 2.29. The Hall–Kier alpha value is -2.89. The Morgan fingerprint density at radius 2 is 2.00 bits per heavy atom. The lowest BCUT2D eigenvalue weighted by molar-refractivity contribution is -0.385. The van der Waals surface area contributed by atoms with Crippen LogP contribution in [0, 0.1) is 21.4 Å². The lowest BCUT2D eigenvalue weighted by Gasteiger charge is -2.18. The fraction of sp³-hybridized carbons (Fsp3) is 0.133. The number of pyridine rings is 1. The lowest BCUT2D eigenvalue weighted by atomic mass is 10.3. The standard InChI is InChI=1S/C15H11Cl2N5O3/c1-21(13-6-5-12(22(24)25)11(7-18)19-13)8-14(23)20-15-9(16)3-2-4-10(15)17/h2-6H,8H2,1H3,(H,20,23).